The lowest BCUT2D eigenvalue weighted by Crippen LogP contribution is -2.14. The highest BCUT2D eigenvalue weighted by atomic mass is 32.2. The largest absolute Gasteiger partial charge is 0.326 e. The van der Waals surface area contributed by atoms with Crippen molar-refractivity contribution in [3.05, 3.63) is 59.2 Å². The van der Waals surface area contributed by atoms with Crippen molar-refractivity contribution >= 4 is 15.7 Å². The second-order valence-corrected chi connectivity index (χ2v) is 6.65. The molecule has 0 saturated heterocycles. The number of aryl methyl sites for hydroxylation is 2. The third-order valence-electron chi connectivity index (χ3n) is 3.36. The molecule has 0 aliphatic heterocycles. The summed E-state index contributed by atoms with van der Waals surface area (Å²) in [5, 5.41) is 0. The molecule has 0 atom stereocenters. The van der Waals surface area contributed by atoms with Crippen LogP contribution in [0.5, 0.6) is 0 Å². The van der Waals surface area contributed by atoms with Gasteiger partial charge in [-0.3, -0.25) is 4.72 Å². The average molecular weight is 304 g/mol. The summed E-state index contributed by atoms with van der Waals surface area (Å²) in [4.78, 5) is 0.238. The third-order valence-corrected chi connectivity index (χ3v) is 4.74. The maximum Gasteiger partial charge on any atom is 0.261 e. The molecule has 2 rings (SSSR count). The van der Waals surface area contributed by atoms with Crippen LogP contribution in [0.25, 0.3) is 0 Å². The van der Waals surface area contributed by atoms with Crippen LogP contribution in [0.2, 0.25) is 0 Å². The Bertz CT molecular complexity index is 740. The van der Waals surface area contributed by atoms with Crippen LogP contribution in [0.4, 0.5) is 5.69 Å². The van der Waals surface area contributed by atoms with Crippen molar-refractivity contribution in [1.82, 2.24) is 0 Å². The zero-order chi connectivity index (χ0) is 15.5. The molecule has 0 spiro atoms. The lowest BCUT2D eigenvalue weighted by molar-refractivity contribution is 0.601. The Morgan fingerprint density at radius 2 is 1.86 bits per heavy atom. The molecule has 5 heteroatoms. The summed E-state index contributed by atoms with van der Waals surface area (Å²) in [6, 6.07) is 12.4. The Hall–Kier alpha value is -1.85. The van der Waals surface area contributed by atoms with Crippen LogP contribution in [-0.4, -0.2) is 8.42 Å². The first-order chi connectivity index (χ1) is 9.96. The van der Waals surface area contributed by atoms with Crippen LogP contribution in [-0.2, 0) is 23.0 Å². The van der Waals surface area contributed by atoms with Gasteiger partial charge in [-0.2, -0.15) is 0 Å². The van der Waals surface area contributed by atoms with Gasteiger partial charge in [0.15, 0.2) is 0 Å². The smallest absolute Gasteiger partial charge is 0.261 e. The highest BCUT2D eigenvalue weighted by molar-refractivity contribution is 7.92. The fourth-order valence-corrected chi connectivity index (χ4v) is 3.33. The van der Waals surface area contributed by atoms with Gasteiger partial charge in [0.2, 0.25) is 0 Å². The van der Waals surface area contributed by atoms with E-state index in [0.29, 0.717) is 12.2 Å². The minimum absolute atomic E-state index is 0.238. The first-order valence-electron chi connectivity index (χ1n) is 6.87. The summed E-state index contributed by atoms with van der Waals surface area (Å²) in [5.41, 5.74) is 9.20. The molecular weight excluding hydrogens is 284 g/mol. The van der Waals surface area contributed by atoms with E-state index in [0.717, 1.165) is 23.1 Å². The first-order valence-corrected chi connectivity index (χ1v) is 8.36. The predicted molar refractivity (Wildman–Crippen MR) is 85.7 cm³/mol. The second-order valence-electron chi connectivity index (χ2n) is 4.96. The standard InChI is InChI=1S/C16H20N2O2S/c1-3-13-7-8-16(10-14(13)11-17)21(19,20)18-15-6-4-5-12(2)9-15/h4-10,18H,3,11,17H2,1-2H3. The molecule has 0 radical (unpaired) electrons. The average Bonchev–Trinajstić information content (AvgIpc) is 2.46. The summed E-state index contributed by atoms with van der Waals surface area (Å²) in [5.74, 6) is 0. The Morgan fingerprint density at radius 3 is 2.48 bits per heavy atom. The highest BCUT2D eigenvalue weighted by Crippen LogP contribution is 2.20. The molecule has 0 bridgehead atoms. The van der Waals surface area contributed by atoms with E-state index in [1.807, 2.05) is 32.0 Å². The van der Waals surface area contributed by atoms with Gasteiger partial charge in [0.05, 0.1) is 4.90 Å². The normalized spacial score (nSPS) is 11.4. The summed E-state index contributed by atoms with van der Waals surface area (Å²) >= 11 is 0. The summed E-state index contributed by atoms with van der Waals surface area (Å²) in [6.45, 7) is 4.27. The van der Waals surface area contributed by atoms with Crippen molar-refractivity contribution in [3.8, 4) is 0 Å². The minimum atomic E-state index is -3.59. The van der Waals surface area contributed by atoms with Crippen LogP contribution in [0.15, 0.2) is 47.4 Å². The molecule has 0 unspecified atom stereocenters. The van der Waals surface area contributed by atoms with Gasteiger partial charge in [0.1, 0.15) is 0 Å². The van der Waals surface area contributed by atoms with Gasteiger partial charge in [0, 0.05) is 12.2 Å². The Morgan fingerprint density at radius 1 is 1.10 bits per heavy atom. The Balaban J connectivity index is 2.35. The second kappa shape index (κ2) is 6.28. The van der Waals surface area contributed by atoms with Gasteiger partial charge in [0.25, 0.3) is 10.0 Å². The van der Waals surface area contributed by atoms with Crippen molar-refractivity contribution in [2.75, 3.05) is 4.72 Å². The quantitative estimate of drug-likeness (QED) is 0.892. The van der Waals surface area contributed by atoms with Crippen molar-refractivity contribution < 1.29 is 8.42 Å². The fourth-order valence-electron chi connectivity index (χ4n) is 2.23. The van der Waals surface area contributed by atoms with Gasteiger partial charge >= 0.3 is 0 Å². The van der Waals surface area contributed by atoms with E-state index in [-0.39, 0.29) is 4.90 Å². The van der Waals surface area contributed by atoms with E-state index in [1.54, 1.807) is 24.3 Å². The van der Waals surface area contributed by atoms with Crippen LogP contribution in [0, 0.1) is 6.92 Å². The molecule has 0 saturated carbocycles. The zero-order valence-corrected chi connectivity index (χ0v) is 13.1. The lowest BCUT2D eigenvalue weighted by Gasteiger charge is -2.12. The van der Waals surface area contributed by atoms with Crippen LogP contribution in [0.1, 0.15) is 23.6 Å². The molecule has 4 nitrogen and oxygen atoms in total. The maximum atomic E-state index is 12.4. The Kier molecular flexibility index (Phi) is 4.65. The van der Waals surface area contributed by atoms with Gasteiger partial charge in [-0.1, -0.05) is 25.1 Å². The molecule has 21 heavy (non-hydrogen) atoms. The molecule has 0 fully saturated rings. The zero-order valence-electron chi connectivity index (χ0n) is 12.3. The van der Waals surface area contributed by atoms with E-state index in [2.05, 4.69) is 4.72 Å². The Labute approximate surface area is 126 Å². The first kappa shape index (κ1) is 15.5. The molecule has 0 aromatic heterocycles. The van der Waals surface area contributed by atoms with E-state index in [4.69, 9.17) is 5.73 Å². The number of sulfonamides is 1. The van der Waals surface area contributed by atoms with E-state index in [9.17, 15) is 8.42 Å². The van der Waals surface area contributed by atoms with Crippen LogP contribution in [0.3, 0.4) is 0 Å². The summed E-state index contributed by atoms with van der Waals surface area (Å²) in [7, 11) is -3.59. The van der Waals surface area contributed by atoms with Crippen molar-refractivity contribution in [1.29, 1.82) is 0 Å². The number of benzene rings is 2. The van der Waals surface area contributed by atoms with E-state index >= 15 is 0 Å². The molecule has 0 aliphatic rings. The molecule has 0 amide bonds. The van der Waals surface area contributed by atoms with Crippen LogP contribution >= 0.6 is 0 Å². The topological polar surface area (TPSA) is 72.2 Å². The fraction of sp³-hybridized carbons (Fsp3) is 0.250. The number of hydrogen-bond donors (Lipinski definition) is 2. The van der Waals surface area contributed by atoms with E-state index in [1.165, 1.54) is 0 Å². The molecular formula is C16H20N2O2S. The molecule has 0 aliphatic carbocycles. The number of hydrogen-bond acceptors (Lipinski definition) is 3. The van der Waals surface area contributed by atoms with Crippen molar-refractivity contribution in [2.24, 2.45) is 5.73 Å². The SMILES string of the molecule is CCc1ccc(S(=O)(=O)Nc2cccc(C)c2)cc1CN. The van der Waals surface area contributed by atoms with Crippen LogP contribution < -0.4 is 10.5 Å². The van der Waals surface area contributed by atoms with Gasteiger partial charge in [-0.05, 0) is 54.3 Å². The lowest BCUT2D eigenvalue weighted by atomic mass is 10.1. The maximum absolute atomic E-state index is 12.4. The number of anilines is 1. The van der Waals surface area contributed by atoms with Crippen molar-refractivity contribution in [2.45, 2.75) is 31.7 Å². The van der Waals surface area contributed by atoms with Crippen molar-refractivity contribution in [3.63, 3.8) is 0 Å². The van der Waals surface area contributed by atoms with Gasteiger partial charge in [-0.15, -0.1) is 0 Å². The molecule has 112 valence electrons. The molecule has 0 heterocycles. The molecule has 2 aromatic carbocycles. The summed E-state index contributed by atoms with van der Waals surface area (Å²) < 4.78 is 27.5. The highest BCUT2D eigenvalue weighted by Gasteiger charge is 2.15. The number of nitrogens with two attached hydrogens (primary N) is 1. The molecule has 3 N–H and O–H groups in total. The number of nitrogens with one attached hydrogen (secondary N) is 1. The summed E-state index contributed by atoms with van der Waals surface area (Å²) in [6.07, 6.45) is 0.832. The predicted octanol–water partition coefficient (Wildman–Crippen LogP) is 2.82. The minimum Gasteiger partial charge on any atom is -0.326 e. The van der Waals surface area contributed by atoms with Gasteiger partial charge < -0.3 is 5.73 Å². The monoisotopic (exact) mass is 304 g/mol. The molecule has 2 aromatic rings. The number of rotatable bonds is 5. The van der Waals surface area contributed by atoms with Gasteiger partial charge in [-0.25, -0.2) is 8.42 Å². The third kappa shape index (κ3) is 3.62. The van der Waals surface area contributed by atoms with E-state index < -0.39 is 10.0 Å².